The summed E-state index contributed by atoms with van der Waals surface area (Å²) in [5.74, 6) is -0.519. The second-order valence-electron chi connectivity index (χ2n) is 5.86. The highest BCUT2D eigenvalue weighted by Gasteiger charge is 2.27. The van der Waals surface area contributed by atoms with Crippen LogP contribution in [0.25, 0.3) is 10.9 Å². The number of methoxy groups -OCH3 is 1. The Morgan fingerprint density at radius 3 is 2.48 bits per heavy atom. The molecule has 1 heterocycles. The van der Waals surface area contributed by atoms with Crippen molar-refractivity contribution in [1.82, 2.24) is 4.98 Å². The predicted octanol–water partition coefficient (Wildman–Crippen LogP) is 4.34. The number of para-hydroxylation sites is 1. The molecule has 1 N–H and O–H groups in total. The van der Waals surface area contributed by atoms with Gasteiger partial charge < -0.3 is 14.5 Å². The molecule has 0 aliphatic rings. The molecule has 140 valence electrons. The smallest absolute Gasteiger partial charge is 0.354 e. The standard InChI is InChI=1S/C21H21NO4S/c1-3-26-17(23)13-27-20(14-9-5-4-6-10-14)18-15-11-7-8-12-16(15)22-19(18)21(24)25-2/h4-12,20,22H,3,13H2,1-2H3/t20-/m0/s1. The summed E-state index contributed by atoms with van der Waals surface area (Å²) in [6.45, 7) is 2.13. The summed E-state index contributed by atoms with van der Waals surface area (Å²) in [6.07, 6.45) is 0. The summed E-state index contributed by atoms with van der Waals surface area (Å²) in [6, 6.07) is 17.5. The summed E-state index contributed by atoms with van der Waals surface area (Å²) < 4.78 is 10.1. The van der Waals surface area contributed by atoms with Gasteiger partial charge in [0.05, 0.1) is 24.7 Å². The fourth-order valence-corrected chi connectivity index (χ4v) is 4.17. The van der Waals surface area contributed by atoms with Crippen LogP contribution in [0.1, 0.15) is 33.8 Å². The minimum atomic E-state index is -0.432. The van der Waals surface area contributed by atoms with Gasteiger partial charge in [-0.2, -0.15) is 0 Å². The molecule has 0 aliphatic carbocycles. The van der Waals surface area contributed by atoms with Gasteiger partial charge in [0.2, 0.25) is 0 Å². The molecule has 27 heavy (non-hydrogen) atoms. The summed E-state index contributed by atoms with van der Waals surface area (Å²) in [5, 5.41) is 0.712. The number of esters is 2. The van der Waals surface area contributed by atoms with Crippen LogP contribution in [-0.2, 0) is 14.3 Å². The molecule has 3 aromatic rings. The van der Waals surface area contributed by atoms with Gasteiger partial charge in [0.15, 0.2) is 0 Å². The maximum atomic E-state index is 12.4. The van der Waals surface area contributed by atoms with Crippen molar-refractivity contribution < 1.29 is 19.1 Å². The van der Waals surface area contributed by atoms with E-state index >= 15 is 0 Å². The first-order valence-electron chi connectivity index (χ1n) is 8.66. The number of carbonyl (C=O) groups is 2. The third-order valence-corrected chi connectivity index (χ3v) is 5.42. The maximum Gasteiger partial charge on any atom is 0.354 e. The number of fused-ring (bicyclic) bond motifs is 1. The van der Waals surface area contributed by atoms with Gasteiger partial charge >= 0.3 is 11.9 Å². The number of rotatable bonds is 7. The molecule has 0 aliphatic heterocycles. The second kappa shape index (κ2) is 8.77. The maximum absolute atomic E-state index is 12.4. The molecule has 0 saturated heterocycles. The van der Waals surface area contributed by atoms with Gasteiger partial charge in [-0.1, -0.05) is 48.5 Å². The quantitative estimate of drug-likeness (QED) is 0.615. The van der Waals surface area contributed by atoms with Crippen molar-refractivity contribution in [3.63, 3.8) is 0 Å². The molecule has 6 heteroatoms. The van der Waals surface area contributed by atoms with E-state index in [1.807, 2.05) is 54.6 Å². The first-order valence-corrected chi connectivity index (χ1v) is 9.71. The van der Waals surface area contributed by atoms with Crippen molar-refractivity contribution in [2.24, 2.45) is 0 Å². The van der Waals surface area contributed by atoms with E-state index in [1.54, 1.807) is 6.92 Å². The molecular formula is C21H21NO4S. The second-order valence-corrected chi connectivity index (χ2v) is 6.95. The van der Waals surface area contributed by atoms with Crippen LogP contribution in [0.5, 0.6) is 0 Å². The lowest BCUT2D eigenvalue weighted by molar-refractivity contribution is -0.139. The minimum Gasteiger partial charge on any atom is -0.465 e. The molecule has 5 nitrogen and oxygen atoms in total. The number of hydrogen-bond donors (Lipinski definition) is 1. The van der Waals surface area contributed by atoms with Gasteiger partial charge in [0.25, 0.3) is 0 Å². The average Bonchev–Trinajstić information content (AvgIpc) is 3.08. The zero-order chi connectivity index (χ0) is 19.2. The largest absolute Gasteiger partial charge is 0.465 e. The Labute approximate surface area is 162 Å². The zero-order valence-electron chi connectivity index (χ0n) is 15.2. The fourth-order valence-electron chi connectivity index (χ4n) is 3.03. The first-order chi connectivity index (χ1) is 13.2. The van der Waals surface area contributed by atoms with Gasteiger partial charge in [0, 0.05) is 16.5 Å². The van der Waals surface area contributed by atoms with E-state index in [9.17, 15) is 9.59 Å². The van der Waals surface area contributed by atoms with Crippen molar-refractivity contribution in [1.29, 1.82) is 0 Å². The van der Waals surface area contributed by atoms with Crippen LogP contribution < -0.4 is 0 Å². The molecule has 3 rings (SSSR count). The number of aromatic amines is 1. The zero-order valence-corrected chi connectivity index (χ0v) is 16.0. The molecule has 0 unspecified atom stereocenters. The Morgan fingerprint density at radius 2 is 1.78 bits per heavy atom. The molecule has 2 aromatic carbocycles. The molecule has 0 bridgehead atoms. The van der Waals surface area contributed by atoms with E-state index in [2.05, 4.69) is 4.98 Å². The van der Waals surface area contributed by atoms with Crippen molar-refractivity contribution in [3.05, 3.63) is 71.4 Å². The van der Waals surface area contributed by atoms with Gasteiger partial charge in [0.1, 0.15) is 5.69 Å². The summed E-state index contributed by atoms with van der Waals surface area (Å²) in [4.78, 5) is 27.5. The van der Waals surface area contributed by atoms with Crippen LogP contribution in [0.3, 0.4) is 0 Å². The van der Waals surface area contributed by atoms with E-state index in [0.717, 1.165) is 22.0 Å². The van der Waals surface area contributed by atoms with Gasteiger partial charge in [-0.15, -0.1) is 11.8 Å². The summed E-state index contributed by atoms with van der Waals surface area (Å²) in [7, 11) is 1.36. The lowest BCUT2D eigenvalue weighted by atomic mass is 10.0. The Morgan fingerprint density at radius 1 is 1.07 bits per heavy atom. The third-order valence-electron chi connectivity index (χ3n) is 4.17. The first kappa shape index (κ1) is 19.0. The highest BCUT2D eigenvalue weighted by atomic mass is 32.2. The number of H-pyrrole nitrogens is 1. The van der Waals surface area contributed by atoms with Crippen LogP contribution >= 0.6 is 11.8 Å². The number of carbonyl (C=O) groups excluding carboxylic acids is 2. The number of thioether (sulfide) groups is 1. The van der Waals surface area contributed by atoms with Crippen molar-refractivity contribution in [2.75, 3.05) is 19.5 Å². The lowest BCUT2D eigenvalue weighted by Crippen LogP contribution is -2.12. The van der Waals surface area contributed by atoms with E-state index in [0.29, 0.717) is 12.3 Å². The van der Waals surface area contributed by atoms with Crippen molar-refractivity contribution >= 4 is 34.6 Å². The van der Waals surface area contributed by atoms with E-state index < -0.39 is 5.97 Å². The number of benzene rings is 2. The molecular weight excluding hydrogens is 362 g/mol. The number of nitrogens with one attached hydrogen (secondary N) is 1. The minimum absolute atomic E-state index is 0.188. The van der Waals surface area contributed by atoms with Crippen LogP contribution in [-0.4, -0.2) is 36.4 Å². The van der Waals surface area contributed by atoms with Crippen LogP contribution in [0.4, 0.5) is 0 Å². The molecule has 1 atom stereocenters. The SMILES string of the molecule is CCOC(=O)CS[C@@H](c1ccccc1)c1c(C(=O)OC)[nH]c2ccccc12. The van der Waals surface area contributed by atoms with E-state index in [1.165, 1.54) is 18.9 Å². The van der Waals surface area contributed by atoms with E-state index in [-0.39, 0.29) is 17.0 Å². The van der Waals surface area contributed by atoms with Gasteiger partial charge in [-0.25, -0.2) is 4.79 Å². The predicted molar refractivity (Wildman–Crippen MR) is 107 cm³/mol. The number of ether oxygens (including phenoxy) is 2. The monoisotopic (exact) mass is 383 g/mol. The summed E-state index contributed by atoms with van der Waals surface area (Å²) in [5.41, 5.74) is 3.08. The Bertz CT molecular complexity index is 936. The van der Waals surface area contributed by atoms with Gasteiger partial charge in [-0.3, -0.25) is 4.79 Å². The van der Waals surface area contributed by atoms with Crippen molar-refractivity contribution in [3.8, 4) is 0 Å². The number of hydrogen-bond acceptors (Lipinski definition) is 5. The Hall–Kier alpha value is -2.73. The normalized spacial score (nSPS) is 11.9. The lowest BCUT2D eigenvalue weighted by Gasteiger charge is -2.18. The highest BCUT2D eigenvalue weighted by Crippen LogP contribution is 2.41. The Kier molecular flexibility index (Phi) is 6.19. The molecule has 0 fully saturated rings. The number of aromatic nitrogens is 1. The van der Waals surface area contributed by atoms with Crippen LogP contribution in [0, 0.1) is 0 Å². The van der Waals surface area contributed by atoms with Gasteiger partial charge in [-0.05, 0) is 18.6 Å². The molecule has 1 aromatic heterocycles. The topological polar surface area (TPSA) is 68.4 Å². The average molecular weight is 383 g/mol. The van der Waals surface area contributed by atoms with Crippen LogP contribution in [0.15, 0.2) is 54.6 Å². The third kappa shape index (κ3) is 4.17. The fraction of sp³-hybridized carbons (Fsp3) is 0.238. The molecule has 0 saturated carbocycles. The highest BCUT2D eigenvalue weighted by molar-refractivity contribution is 8.00. The Balaban J connectivity index is 2.11. The van der Waals surface area contributed by atoms with E-state index in [4.69, 9.17) is 9.47 Å². The molecule has 0 amide bonds. The molecule has 0 spiro atoms. The van der Waals surface area contributed by atoms with Crippen LogP contribution in [0.2, 0.25) is 0 Å². The van der Waals surface area contributed by atoms with Crippen molar-refractivity contribution in [2.45, 2.75) is 12.2 Å². The molecule has 0 radical (unpaired) electrons. The summed E-state index contributed by atoms with van der Waals surface area (Å²) >= 11 is 1.44.